The molecule has 1 amide bonds. The lowest BCUT2D eigenvalue weighted by Gasteiger charge is -2.33. The van der Waals surface area contributed by atoms with Crippen LogP contribution in [0.4, 0.5) is 0 Å². The van der Waals surface area contributed by atoms with Crippen molar-refractivity contribution >= 4 is 17.8 Å². The number of hydrogen-bond acceptors (Lipinski definition) is 6. The van der Waals surface area contributed by atoms with Crippen LogP contribution < -0.4 is 10.1 Å². The summed E-state index contributed by atoms with van der Waals surface area (Å²) in [7, 11) is 1.59. The molecule has 1 aliphatic rings. The number of nitrogens with one attached hydrogen (secondary N) is 1. The number of methoxy groups -OCH3 is 1. The van der Waals surface area contributed by atoms with Crippen molar-refractivity contribution in [2.45, 2.75) is 97.3 Å². The van der Waals surface area contributed by atoms with Crippen molar-refractivity contribution in [2.75, 3.05) is 13.7 Å². The fourth-order valence-electron chi connectivity index (χ4n) is 4.87. The molecular formula is C28H43NO7. The Bertz CT molecular complexity index is 871. The zero-order valence-corrected chi connectivity index (χ0v) is 22.4. The molecule has 1 aromatic carbocycles. The molecule has 0 aromatic heterocycles. The molecule has 8 nitrogen and oxygen atoms in total. The van der Waals surface area contributed by atoms with Gasteiger partial charge in [0.25, 0.3) is 0 Å². The summed E-state index contributed by atoms with van der Waals surface area (Å²) < 4.78 is 16.7. The second kappa shape index (κ2) is 13.6. The van der Waals surface area contributed by atoms with Gasteiger partial charge in [0.2, 0.25) is 5.91 Å². The number of carboxylic acid groups (broad SMARTS) is 1. The highest BCUT2D eigenvalue weighted by molar-refractivity contribution is 5.85. The van der Waals surface area contributed by atoms with Gasteiger partial charge < -0.3 is 24.6 Å². The number of ether oxygens (including phenoxy) is 3. The summed E-state index contributed by atoms with van der Waals surface area (Å²) in [6.07, 6.45) is 4.76. The number of esters is 1. The quantitative estimate of drug-likeness (QED) is 0.347. The lowest BCUT2D eigenvalue weighted by molar-refractivity contribution is -0.162. The summed E-state index contributed by atoms with van der Waals surface area (Å²) in [6, 6.07) is 6.76. The first-order chi connectivity index (χ1) is 17.0. The van der Waals surface area contributed by atoms with Crippen LogP contribution in [-0.2, 0) is 30.5 Å². The van der Waals surface area contributed by atoms with Crippen LogP contribution in [0.3, 0.4) is 0 Å². The maximum Gasteiger partial charge on any atom is 0.309 e. The van der Waals surface area contributed by atoms with E-state index in [9.17, 15) is 19.5 Å². The van der Waals surface area contributed by atoms with Crippen molar-refractivity contribution < 1.29 is 33.7 Å². The second-order valence-corrected chi connectivity index (χ2v) is 10.8. The minimum Gasteiger partial charge on any atom is -0.497 e. The third-order valence-corrected chi connectivity index (χ3v) is 6.53. The average molecular weight is 506 g/mol. The van der Waals surface area contributed by atoms with E-state index in [-0.39, 0.29) is 37.4 Å². The SMILES string of the molecule is CCC[C@H](CC1(C(=O)NC(COCc2cccc(OC)c2)CC(=O)O)CCCC1)C(=O)OC(C)(C)C. The third kappa shape index (κ3) is 9.45. The smallest absolute Gasteiger partial charge is 0.309 e. The summed E-state index contributed by atoms with van der Waals surface area (Å²) in [5.74, 6) is -1.14. The van der Waals surface area contributed by atoms with E-state index < -0.39 is 23.0 Å². The normalized spacial score (nSPS) is 16.7. The van der Waals surface area contributed by atoms with Gasteiger partial charge in [-0.05, 0) is 64.2 Å². The molecule has 1 unspecified atom stereocenters. The molecule has 0 saturated heterocycles. The van der Waals surface area contributed by atoms with Crippen LogP contribution in [0.15, 0.2) is 24.3 Å². The topological polar surface area (TPSA) is 111 Å². The molecule has 0 bridgehead atoms. The Morgan fingerprint density at radius 1 is 1.17 bits per heavy atom. The maximum absolute atomic E-state index is 13.6. The van der Waals surface area contributed by atoms with E-state index in [0.717, 1.165) is 24.8 Å². The molecule has 2 N–H and O–H groups in total. The molecule has 0 aliphatic heterocycles. The van der Waals surface area contributed by atoms with E-state index in [0.29, 0.717) is 31.4 Å². The molecule has 0 heterocycles. The molecule has 8 heteroatoms. The van der Waals surface area contributed by atoms with Crippen LogP contribution in [0.5, 0.6) is 5.75 Å². The monoisotopic (exact) mass is 505 g/mol. The standard InChI is InChI=1S/C28H43NO7/c1-6-10-21(25(32)36-27(2,3)4)17-28(13-7-8-14-28)26(33)29-22(16-24(30)31)19-35-18-20-11-9-12-23(15-20)34-5/h9,11-12,15,21-22H,6-8,10,13-14,16-19H2,1-5H3,(H,29,33)(H,30,31)/t21-,22?/m1/s1. The number of carbonyl (C=O) groups is 3. The Morgan fingerprint density at radius 3 is 2.44 bits per heavy atom. The average Bonchev–Trinajstić information content (AvgIpc) is 3.27. The van der Waals surface area contributed by atoms with Crippen LogP contribution >= 0.6 is 0 Å². The van der Waals surface area contributed by atoms with Crippen LogP contribution in [0, 0.1) is 11.3 Å². The molecule has 202 valence electrons. The van der Waals surface area contributed by atoms with Crippen LogP contribution in [0.2, 0.25) is 0 Å². The molecule has 2 rings (SSSR count). The highest BCUT2D eigenvalue weighted by Gasteiger charge is 2.45. The molecule has 36 heavy (non-hydrogen) atoms. The van der Waals surface area contributed by atoms with Gasteiger partial charge in [0, 0.05) is 0 Å². The van der Waals surface area contributed by atoms with Crippen LogP contribution in [0.25, 0.3) is 0 Å². The molecule has 2 atom stereocenters. The van der Waals surface area contributed by atoms with E-state index >= 15 is 0 Å². The zero-order valence-electron chi connectivity index (χ0n) is 22.4. The Kier molecular flexibility index (Phi) is 11.2. The maximum atomic E-state index is 13.6. The Morgan fingerprint density at radius 2 is 1.86 bits per heavy atom. The van der Waals surface area contributed by atoms with Crippen molar-refractivity contribution in [3.05, 3.63) is 29.8 Å². The minimum absolute atomic E-state index is 0.0653. The summed E-state index contributed by atoms with van der Waals surface area (Å²) in [5, 5.41) is 12.4. The van der Waals surface area contributed by atoms with E-state index in [4.69, 9.17) is 14.2 Å². The number of amides is 1. The van der Waals surface area contributed by atoms with Crippen LogP contribution in [-0.4, -0.2) is 48.3 Å². The van der Waals surface area contributed by atoms with Crippen molar-refractivity contribution in [3.8, 4) is 5.75 Å². The van der Waals surface area contributed by atoms with Gasteiger partial charge in [-0.3, -0.25) is 14.4 Å². The largest absolute Gasteiger partial charge is 0.497 e. The van der Waals surface area contributed by atoms with E-state index in [1.807, 2.05) is 52.0 Å². The fraction of sp³-hybridized carbons (Fsp3) is 0.679. The highest BCUT2D eigenvalue weighted by atomic mass is 16.6. The van der Waals surface area contributed by atoms with Crippen molar-refractivity contribution in [2.24, 2.45) is 11.3 Å². The zero-order chi connectivity index (χ0) is 26.8. The van der Waals surface area contributed by atoms with E-state index in [1.165, 1.54) is 0 Å². The van der Waals surface area contributed by atoms with E-state index in [1.54, 1.807) is 7.11 Å². The van der Waals surface area contributed by atoms with Crippen molar-refractivity contribution in [3.63, 3.8) is 0 Å². The molecule has 1 aromatic rings. The first kappa shape index (κ1) is 29.6. The molecule has 0 spiro atoms. The Labute approximate surface area is 215 Å². The number of rotatable bonds is 14. The molecule has 1 aliphatic carbocycles. The van der Waals surface area contributed by atoms with Gasteiger partial charge in [-0.15, -0.1) is 0 Å². The Hall–Kier alpha value is -2.61. The number of hydrogen-bond donors (Lipinski definition) is 2. The summed E-state index contributed by atoms with van der Waals surface area (Å²) in [5.41, 5.74) is -0.414. The van der Waals surface area contributed by atoms with Crippen molar-refractivity contribution in [1.82, 2.24) is 5.32 Å². The summed E-state index contributed by atoms with van der Waals surface area (Å²) in [4.78, 5) is 38.0. The first-order valence-electron chi connectivity index (χ1n) is 12.9. The van der Waals surface area contributed by atoms with Gasteiger partial charge >= 0.3 is 11.9 Å². The summed E-state index contributed by atoms with van der Waals surface area (Å²) in [6.45, 7) is 7.87. The van der Waals surface area contributed by atoms with Crippen molar-refractivity contribution in [1.29, 1.82) is 0 Å². The minimum atomic E-state index is -1.01. The van der Waals surface area contributed by atoms with Gasteiger partial charge in [-0.25, -0.2) is 0 Å². The lowest BCUT2D eigenvalue weighted by Crippen LogP contribution is -2.48. The van der Waals surface area contributed by atoms with Gasteiger partial charge in [0.15, 0.2) is 0 Å². The molecule has 0 radical (unpaired) electrons. The second-order valence-electron chi connectivity index (χ2n) is 10.8. The number of aliphatic carboxylic acids is 1. The highest BCUT2D eigenvalue weighted by Crippen LogP contribution is 2.45. The molecule has 1 fully saturated rings. The van der Waals surface area contributed by atoms with Gasteiger partial charge in [-0.2, -0.15) is 0 Å². The number of carboxylic acids is 1. The van der Waals surface area contributed by atoms with Gasteiger partial charge in [0.05, 0.1) is 44.1 Å². The van der Waals surface area contributed by atoms with Gasteiger partial charge in [-0.1, -0.05) is 38.3 Å². The predicted octanol–water partition coefficient (Wildman–Crippen LogP) is 4.88. The predicted molar refractivity (Wildman–Crippen MR) is 137 cm³/mol. The lowest BCUT2D eigenvalue weighted by atomic mass is 9.75. The summed E-state index contributed by atoms with van der Waals surface area (Å²) >= 11 is 0. The molecule has 1 saturated carbocycles. The third-order valence-electron chi connectivity index (χ3n) is 6.53. The fourth-order valence-corrected chi connectivity index (χ4v) is 4.87. The van der Waals surface area contributed by atoms with Crippen LogP contribution in [0.1, 0.15) is 84.6 Å². The number of carbonyl (C=O) groups excluding carboxylic acids is 2. The molecular weight excluding hydrogens is 462 g/mol. The van der Waals surface area contributed by atoms with E-state index in [2.05, 4.69) is 5.32 Å². The van der Waals surface area contributed by atoms with Gasteiger partial charge in [0.1, 0.15) is 11.4 Å². The number of benzene rings is 1. The first-order valence-corrected chi connectivity index (χ1v) is 12.9. The Balaban J connectivity index is 2.09.